The molecule has 96 valence electrons. The van der Waals surface area contributed by atoms with Crippen molar-refractivity contribution >= 4 is 6.09 Å². The zero-order valence-corrected chi connectivity index (χ0v) is 10.6. The number of carbonyl (C=O) groups excluding carboxylic acids is 1. The molecule has 0 saturated carbocycles. The molecule has 0 unspecified atom stereocenters. The highest BCUT2D eigenvalue weighted by molar-refractivity contribution is 5.67. The summed E-state index contributed by atoms with van der Waals surface area (Å²) in [6.45, 7) is 6.72. The van der Waals surface area contributed by atoms with E-state index in [2.05, 4.69) is 0 Å². The quantitative estimate of drug-likeness (QED) is 0.680. The molecule has 1 amide bonds. The maximum Gasteiger partial charge on any atom is 0.409 e. The van der Waals surface area contributed by atoms with Crippen LogP contribution < -0.4 is 5.73 Å². The monoisotopic (exact) mass is 232 g/mol. The predicted molar refractivity (Wildman–Crippen MR) is 63.3 cm³/mol. The molecule has 0 radical (unpaired) electrons. The summed E-state index contributed by atoms with van der Waals surface area (Å²) >= 11 is 0. The topological polar surface area (TPSA) is 64.8 Å². The van der Waals surface area contributed by atoms with E-state index in [4.69, 9.17) is 15.2 Å². The van der Waals surface area contributed by atoms with E-state index in [9.17, 15) is 4.79 Å². The first-order chi connectivity index (χ1) is 7.61. The molecule has 0 bridgehead atoms. The number of hydrogen-bond acceptors (Lipinski definition) is 4. The van der Waals surface area contributed by atoms with E-state index in [-0.39, 0.29) is 6.09 Å². The van der Waals surface area contributed by atoms with Gasteiger partial charge in [0.05, 0.1) is 13.2 Å². The standard InChI is InChI=1S/C11H24N2O3/c1-10(2)9-16-11(14)13(6-4-5-12)7-8-15-3/h10H,4-9,12H2,1-3H3. The summed E-state index contributed by atoms with van der Waals surface area (Å²) in [6.07, 6.45) is 0.500. The maximum atomic E-state index is 11.7. The molecule has 0 rings (SSSR count). The van der Waals surface area contributed by atoms with Crippen LogP contribution in [0.4, 0.5) is 4.79 Å². The molecule has 2 N–H and O–H groups in total. The zero-order valence-electron chi connectivity index (χ0n) is 10.6. The Kier molecular flexibility index (Phi) is 8.94. The maximum absolute atomic E-state index is 11.7. The minimum atomic E-state index is -0.279. The van der Waals surface area contributed by atoms with Crippen LogP contribution in [0.3, 0.4) is 0 Å². The molecule has 0 fully saturated rings. The minimum absolute atomic E-state index is 0.279. The first-order valence-corrected chi connectivity index (χ1v) is 5.72. The van der Waals surface area contributed by atoms with Crippen LogP contribution in [0.25, 0.3) is 0 Å². The molecule has 0 aliphatic heterocycles. The third kappa shape index (κ3) is 7.48. The number of amides is 1. The number of ether oxygens (including phenoxy) is 2. The van der Waals surface area contributed by atoms with Crippen LogP contribution in [-0.4, -0.2) is 51.0 Å². The molecule has 0 spiro atoms. The Morgan fingerprint density at radius 2 is 2.06 bits per heavy atom. The Morgan fingerprint density at radius 1 is 1.38 bits per heavy atom. The second-order valence-corrected chi connectivity index (χ2v) is 4.09. The van der Waals surface area contributed by atoms with Gasteiger partial charge in [0, 0.05) is 20.2 Å². The van der Waals surface area contributed by atoms with E-state index in [1.807, 2.05) is 13.8 Å². The minimum Gasteiger partial charge on any atom is -0.449 e. The molecule has 16 heavy (non-hydrogen) atoms. The summed E-state index contributed by atoms with van der Waals surface area (Å²) in [5.74, 6) is 0.350. The number of carbonyl (C=O) groups is 1. The molecule has 0 aromatic carbocycles. The summed E-state index contributed by atoms with van der Waals surface area (Å²) < 4.78 is 10.1. The normalized spacial score (nSPS) is 10.6. The first-order valence-electron chi connectivity index (χ1n) is 5.72. The van der Waals surface area contributed by atoms with E-state index in [0.717, 1.165) is 6.42 Å². The number of methoxy groups -OCH3 is 1. The van der Waals surface area contributed by atoms with Crippen LogP contribution >= 0.6 is 0 Å². The van der Waals surface area contributed by atoms with E-state index in [1.165, 1.54) is 0 Å². The average Bonchev–Trinajstić information content (AvgIpc) is 2.26. The SMILES string of the molecule is COCCN(CCCN)C(=O)OCC(C)C. The fourth-order valence-corrected chi connectivity index (χ4v) is 1.11. The summed E-state index contributed by atoms with van der Waals surface area (Å²) in [7, 11) is 1.61. The van der Waals surface area contributed by atoms with Gasteiger partial charge in [-0.15, -0.1) is 0 Å². The van der Waals surface area contributed by atoms with Crippen LogP contribution in [0.15, 0.2) is 0 Å². The van der Waals surface area contributed by atoms with Gasteiger partial charge in [-0.2, -0.15) is 0 Å². The number of hydrogen-bond donors (Lipinski definition) is 1. The van der Waals surface area contributed by atoms with Crippen molar-refractivity contribution < 1.29 is 14.3 Å². The molecular weight excluding hydrogens is 208 g/mol. The Bertz CT molecular complexity index is 178. The molecule has 0 saturated heterocycles. The lowest BCUT2D eigenvalue weighted by Gasteiger charge is -2.22. The predicted octanol–water partition coefficient (Wildman–Crippen LogP) is 1.08. The van der Waals surface area contributed by atoms with Crippen LogP contribution in [0, 0.1) is 5.92 Å². The summed E-state index contributed by atoms with van der Waals surface area (Å²) in [5, 5.41) is 0. The summed E-state index contributed by atoms with van der Waals surface area (Å²) in [4.78, 5) is 13.3. The van der Waals surface area contributed by atoms with Crippen molar-refractivity contribution in [2.45, 2.75) is 20.3 Å². The van der Waals surface area contributed by atoms with E-state index in [0.29, 0.717) is 38.8 Å². The third-order valence-electron chi connectivity index (χ3n) is 2.00. The second kappa shape index (κ2) is 9.42. The molecule has 0 atom stereocenters. The summed E-state index contributed by atoms with van der Waals surface area (Å²) in [6, 6.07) is 0. The molecular formula is C11H24N2O3. The Hall–Kier alpha value is -0.810. The molecule has 0 aromatic rings. The first kappa shape index (κ1) is 15.2. The van der Waals surface area contributed by atoms with Gasteiger partial charge in [0.2, 0.25) is 0 Å². The van der Waals surface area contributed by atoms with Gasteiger partial charge in [0.15, 0.2) is 0 Å². The summed E-state index contributed by atoms with van der Waals surface area (Å²) in [5.41, 5.74) is 5.42. The molecule has 0 aliphatic rings. The van der Waals surface area contributed by atoms with Gasteiger partial charge in [-0.05, 0) is 18.9 Å². The molecule has 5 nitrogen and oxygen atoms in total. The fraction of sp³-hybridized carbons (Fsp3) is 0.909. The van der Waals surface area contributed by atoms with E-state index >= 15 is 0 Å². The van der Waals surface area contributed by atoms with Crippen LogP contribution in [0.5, 0.6) is 0 Å². The van der Waals surface area contributed by atoms with Gasteiger partial charge in [-0.25, -0.2) is 4.79 Å². The Morgan fingerprint density at radius 3 is 2.56 bits per heavy atom. The van der Waals surface area contributed by atoms with Crippen molar-refractivity contribution in [1.29, 1.82) is 0 Å². The lowest BCUT2D eigenvalue weighted by atomic mass is 10.2. The lowest BCUT2D eigenvalue weighted by Crippen LogP contribution is -2.36. The Labute approximate surface area is 97.9 Å². The second-order valence-electron chi connectivity index (χ2n) is 4.09. The van der Waals surface area contributed by atoms with Gasteiger partial charge in [0.1, 0.15) is 0 Å². The van der Waals surface area contributed by atoms with Crippen molar-refractivity contribution in [3.63, 3.8) is 0 Å². The smallest absolute Gasteiger partial charge is 0.409 e. The largest absolute Gasteiger partial charge is 0.449 e. The average molecular weight is 232 g/mol. The Balaban J connectivity index is 3.98. The van der Waals surface area contributed by atoms with Crippen molar-refractivity contribution in [2.24, 2.45) is 11.7 Å². The van der Waals surface area contributed by atoms with E-state index in [1.54, 1.807) is 12.0 Å². The van der Waals surface area contributed by atoms with Gasteiger partial charge < -0.3 is 20.1 Å². The van der Waals surface area contributed by atoms with Crippen molar-refractivity contribution in [3.8, 4) is 0 Å². The van der Waals surface area contributed by atoms with Gasteiger partial charge in [-0.3, -0.25) is 0 Å². The van der Waals surface area contributed by atoms with Gasteiger partial charge in [0.25, 0.3) is 0 Å². The number of nitrogens with two attached hydrogens (primary N) is 1. The van der Waals surface area contributed by atoms with Crippen molar-refractivity contribution in [3.05, 3.63) is 0 Å². The van der Waals surface area contributed by atoms with Crippen LogP contribution in [-0.2, 0) is 9.47 Å². The zero-order chi connectivity index (χ0) is 12.4. The molecule has 0 aromatic heterocycles. The highest BCUT2D eigenvalue weighted by Gasteiger charge is 2.14. The highest BCUT2D eigenvalue weighted by atomic mass is 16.6. The molecule has 0 aliphatic carbocycles. The van der Waals surface area contributed by atoms with Gasteiger partial charge in [-0.1, -0.05) is 13.8 Å². The fourth-order valence-electron chi connectivity index (χ4n) is 1.11. The number of nitrogens with zero attached hydrogens (tertiary/aromatic N) is 1. The van der Waals surface area contributed by atoms with Crippen LogP contribution in [0.1, 0.15) is 20.3 Å². The lowest BCUT2D eigenvalue weighted by molar-refractivity contribution is 0.0792. The van der Waals surface area contributed by atoms with Crippen molar-refractivity contribution in [1.82, 2.24) is 4.90 Å². The third-order valence-corrected chi connectivity index (χ3v) is 2.00. The molecule has 0 heterocycles. The highest BCUT2D eigenvalue weighted by Crippen LogP contribution is 2.00. The number of rotatable bonds is 8. The van der Waals surface area contributed by atoms with Crippen LogP contribution in [0.2, 0.25) is 0 Å². The molecule has 5 heteroatoms. The van der Waals surface area contributed by atoms with Crippen molar-refractivity contribution in [2.75, 3.05) is 40.0 Å². The van der Waals surface area contributed by atoms with E-state index < -0.39 is 0 Å². The van der Waals surface area contributed by atoms with Gasteiger partial charge >= 0.3 is 6.09 Å².